The van der Waals surface area contributed by atoms with Gasteiger partial charge in [0.05, 0.1) is 12.8 Å². The third-order valence-corrected chi connectivity index (χ3v) is 4.50. The van der Waals surface area contributed by atoms with Gasteiger partial charge >= 0.3 is 0 Å². The van der Waals surface area contributed by atoms with Crippen molar-refractivity contribution in [3.63, 3.8) is 0 Å². The van der Waals surface area contributed by atoms with Crippen LogP contribution in [0.4, 0.5) is 5.69 Å². The van der Waals surface area contributed by atoms with Gasteiger partial charge in [-0.25, -0.2) is 0 Å². The molecule has 0 heterocycles. The summed E-state index contributed by atoms with van der Waals surface area (Å²) in [4.78, 5) is 25.8. The van der Waals surface area contributed by atoms with E-state index in [0.717, 1.165) is 5.56 Å². The van der Waals surface area contributed by atoms with Gasteiger partial charge < -0.3 is 10.1 Å². The van der Waals surface area contributed by atoms with Gasteiger partial charge in [0.15, 0.2) is 5.78 Å². The Morgan fingerprint density at radius 2 is 1.74 bits per heavy atom. The van der Waals surface area contributed by atoms with E-state index in [1.54, 1.807) is 37.4 Å². The second-order valence-corrected chi connectivity index (χ2v) is 8.24. The fraction of sp³-hybridized carbons (Fsp3) is 0.364. The molecule has 0 aliphatic heterocycles. The van der Waals surface area contributed by atoms with Crippen molar-refractivity contribution in [1.29, 1.82) is 0 Å². The van der Waals surface area contributed by atoms with Gasteiger partial charge in [-0.2, -0.15) is 0 Å². The molecule has 0 fully saturated rings. The molecular formula is C22H26ClNO3. The molecule has 0 spiro atoms. The van der Waals surface area contributed by atoms with E-state index in [0.29, 0.717) is 27.6 Å². The van der Waals surface area contributed by atoms with Crippen molar-refractivity contribution < 1.29 is 14.3 Å². The van der Waals surface area contributed by atoms with E-state index in [9.17, 15) is 9.59 Å². The molecule has 2 aromatic carbocycles. The Kier molecular flexibility index (Phi) is 6.32. The molecule has 2 aromatic rings. The third-order valence-electron chi connectivity index (χ3n) is 4.26. The summed E-state index contributed by atoms with van der Waals surface area (Å²) in [7, 11) is 1.59. The van der Waals surface area contributed by atoms with Crippen LogP contribution in [-0.2, 0) is 4.79 Å². The number of nitrogens with one attached hydrogen (secondary N) is 1. The van der Waals surface area contributed by atoms with Crippen molar-refractivity contribution in [3.8, 4) is 5.75 Å². The largest absolute Gasteiger partial charge is 0.496 e. The standard InChI is InChI=1S/C22H26ClNO3/c1-13(2)19-15(8-7-9-18(19)27-6)20(25)16-12-14(23)10-11-17(16)24-21(26)22(3,4)5/h7-13H,1-6H3,(H,24,26). The molecule has 27 heavy (non-hydrogen) atoms. The predicted octanol–water partition coefficient (Wildman–Crippen LogP) is 5.69. The van der Waals surface area contributed by atoms with Crippen molar-refractivity contribution in [1.82, 2.24) is 0 Å². The minimum Gasteiger partial charge on any atom is -0.496 e. The van der Waals surface area contributed by atoms with Gasteiger partial charge in [-0.05, 0) is 30.2 Å². The quantitative estimate of drug-likeness (QED) is 0.670. The number of amides is 1. The highest BCUT2D eigenvalue weighted by Gasteiger charge is 2.25. The first-order valence-electron chi connectivity index (χ1n) is 8.89. The lowest BCUT2D eigenvalue weighted by atomic mass is 9.90. The number of hydrogen-bond donors (Lipinski definition) is 1. The first-order valence-corrected chi connectivity index (χ1v) is 9.26. The molecule has 0 atom stereocenters. The van der Waals surface area contributed by atoms with Crippen molar-refractivity contribution in [2.24, 2.45) is 5.41 Å². The molecule has 1 N–H and O–H groups in total. The molecule has 0 saturated carbocycles. The monoisotopic (exact) mass is 387 g/mol. The van der Waals surface area contributed by atoms with E-state index in [4.69, 9.17) is 16.3 Å². The first-order chi connectivity index (χ1) is 12.6. The molecular weight excluding hydrogens is 362 g/mol. The average Bonchev–Trinajstić information content (AvgIpc) is 2.60. The minimum atomic E-state index is -0.584. The van der Waals surface area contributed by atoms with Gasteiger partial charge in [-0.15, -0.1) is 0 Å². The fourth-order valence-corrected chi connectivity index (χ4v) is 2.96. The number of hydrogen-bond acceptors (Lipinski definition) is 3. The van der Waals surface area contributed by atoms with Crippen LogP contribution >= 0.6 is 11.6 Å². The van der Waals surface area contributed by atoms with Crippen molar-refractivity contribution in [2.45, 2.75) is 40.5 Å². The number of carbonyl (C=O) groups is 2. The Labute approximate surface area is 165 Å². The Hall–Kier alpha value is -2.33. The molecule has 0 aromatic heterocycles. The Bertz CT molecular complexity index is 866. The summed E-state index contributed by atoms with van der Waals surface area (Å²) < 4.78 is 5.45. The number of anilines is 1. The Balaban J connectivity index is 2.58. The van der Waals surface area contributed by atoms with Crippen LogP contribution < -0.4 is 10.1 Å². The van der Waals surface area contributed by atoms with Crippen molar-refractivity contribution in [3.05, 3.63) is 58.1 Å². The van der Waals surface area contributed by atoms with Crippen molar-refractivity contribution in [2.75, 3.05) is 12.4 Å². The summed E-state index contributed by atoms with van der Waals surface area (Å²) in [6.45, 7) is 9.47. The second kappa shape index (κ2) is 8.13. The third kappa shape index (κ3) is 4.69. The zero-order valence-electron chi connectivity index (χ0n) is 16.6. The van der Waals surface area contributed by atoms with Gasteiger partial charge in [-0.3, -0.25) is 9.59 Å². The number of ketones is 1. The van der Waals surface area contributed by atoms with Crippen LogP contribution in [0, 0.1) is 5.41 Å². The van der Waals surface area contributed by atoms with E-state index in [1.807, 2.05) is 40.7 Å². The maximum absolute atomic E-state index is 13.4. The van der Waals surface area contributed by atoms with Crippen LogP contribution in [0.25, 0.3) is 0 Å². The molecule has 0 unspecified atom stereocenters. The second-order valence-electron chi connectivity index (χ2n) is 7.80. The van der Waals surface area contributed by atoms with E-state index in [2.05, 4.69) is 5.32 Å². The van der Waals surface area contributed by atoms with Gasteiger partial charge in [-0.1, -0.05) is 58.4 Å². The molecule has 0 saturated heterocycles. The normalized spacial score (nSPS) is 11.4. The number of methoxy groups -OCH3 is 1. The first kappa shape index (κ1) is 21.0. The zero-order chi connectivity index (χ0) is 20.4. The lowest BCUT2D eigenvalue weighted by molar-refractivity contribution is -0.123. The fourth-order valence-electron chi connectivity index (χ4n) is 2.78. The summed E-state index contributed by atoms with van der Waals surface area (Å²) in [6, 6.07) is 10.3. The van der Waals surface area contributed by atoms with Gasteiger partial charge in [0.25, 0.3) is 0 Å². The molecule has 0 bridgehead atoms. The smallest absolute Gasteiger partial charge is 0.229 e. The van der Waals surface area contributed by atoms with Gasteiger partial charge in [0.1, 0.15) is 5.75 Å². The zero-order valence-corrected chi connectivity index (χ0v) is 17.4. The highest BCUT2D eigenvalue weighted by Crippen LogP contribution is 2.33. The summed E-state index contributed by atoms with van der Waals surface area (Å²) in [6.07, 6.45) is 0. The number of rotatable bonds is 5. The van der Waals surface area contributed by atoms with Crippen LogP contribution in [-0.4, -0.2) is 18.8 Å². The number of carbonyl (C=O) groups excluding carboxylic acids is 2. The topological polar surface area (TPSA) is 55.4 Å². The van der Waals surface area contributed by atoms with E-state index in [-0.39, 0.29) is 17.6 Å². The SMILES string of the molecule is COc1cccc(C(=O)c2cc(Cl)ccc2NC(=O)C(C)(C)C)c1C(C)C. The number of benzene rings is 2. The average molecular weight is 388 g/mol. The number of halogens is 1. The molecule has 0 aliphatic rings. The van der Waals surface area contributed by atoms with Gasteiger partial charge in [0, 0.05) is 27.1 Å². The van der Waals surface area contributed by atoms with Crippen LogP contribution in [0.1, 0.15) is 62.0 Å². The van der Waals surface area contributed by atoms with E-state index in [1.165, 1.54) is 0 Å². The molecule has 4 nitrogen and oxygen atoms in total. The van der Waals surface area contributed by atoms with E-state index >= 15 is 0 Å². The molecule has 1 amide bonds. The van der Waals surface area contributed by atoms with Crippen LogP contribution in [0.3, 0.4) is 0 Å². The maximum Gasteiger partial charge on any atom is 0.229 e. The van der Waals surface area contributed by atoms with Crippen LogP contribution in [0.15, 0.2) is 36.4 Å². The summed E-state index contributed by atoms with van der Waals surface area (Å²) in [5.74, 6) is 0.378. The Morgan fingerprint density at radius 3 is 2.30 bits per heavy atom. The molecule has 2 rings (SSSR count). The van der Waals surface area contributed by atoms with Crippen LogP contribution in [0.2, 0.25) is 5.02 Å². The van der Waals surface area contributed by atoms with Gasteiger partial charge in [0.2, 0.25) is 5.91 Å². The summed E-state index contributed by atoms with van der Waals surface area (Å²) >= 11 is 6.15. The molecule has 144 valence electrons. The lowest BCUT2D eigenvalue weighted by Crippen LogP contribution is -2.28. The highest BCUT2D eigenvalue weighted by molar-refractivity contribution is 6.31. The molecule has 0 aliphatic carbocycles. The van der Waals surface area contributed by atoms with Crippen molar-refractivity contribution >= 4 is 29.0 Å². The maximum atomic E-state index is 13.4. The summed E-state index contributed by atoms with van der Waals surface area (Å²) in [5.41, 5.74) is 1.59. The lowest BCUT2D eigenvalue weighted by Gasteiger charge is -2.20. The molecule has 5 heteroatoms. The molecule has 0 radical (unpaired) electrons. The minimum absolute atomic E-state index is 0.0897. The highest BCUT2D eigenvalue weighted by atomic mass is 35.5. The Morgan fingerprint density at radius 1 is 1.07 bits per heavy atom. The van der Waals surface area contributed by atoms with Crippen LogP contribution in [0.5, 0.6) is 5.75 Å². The predicted molar refractivity (Wildman–Crippen MR) is 110 cm³/mol. The summed E-state index contributed by atoms with van der Waals surface area (Å²) in [5, 5.41) is 3.29. The number of ether oxygens (including phenoxy) is 1. The van der Waals surface area contributed by atoms with E-state index < -0.39 is 5.41 Å².